The van der Waals surface area contributed by atoms with E-state index in [9.17, 15) is 0 Å². The van der Waals surface area contributed by atoms with Crippen LogP contribution in [-0.4, -0.2) is 15.8 Å². The first-order chi connectivity index (χ1) is 8.15. The number of nitrogens with two attached hydrogens (primary N) is 1. The average Bonchev–Trinajstić information content (AvgIpc) is 2.29. The smallest absolute Gasteiger partial charge is 0.219 e. The molecule has 0 atom stereocenters. The van der Waals surface area contributed by atoms with Crippen molar-refractivity contribution in [3.63, 3.8) is 0 Å². The van der Waals surface area contributed by atoms with Crippen LogP contribution in [0.4, 0.5) is 0 Å². The number of rotatable bonds is 3. The van der Waals surface area contributed by atoms with Gasteiger partial charge in [0.25, 0.3) is 0 Å². The van der Waals surface area contributed by atoms with E-state index in [-0.39, 0.29) is 5.84 Å². The van der Waals surface area contributed by atoms with Gasteiger partial charge in [0.15, 0.2) is 0 Å². The minimum atomic E-state index is -0.111. The topological polar surface area (TPSA) is 84.9 Å². The van der Waals surface area contributed by atoms with Crippen molar-refractivity contribution in [3.05, 3.63) is 47.4 Å². The van der Waals surface area contributed by atoms with Gasteiger partial charge in [-0.25, -0.2) is 4.98 Å². The molecule has 0 fully saturated rings. The minimum absolute atomic E-state index is 0.111. The van der Waals surface area contributed by atoms with Crippen LogP contribution >= 0.6 is 11.6 Å². The van der Waals surface area contributed by atoms with Crippen LogP contribution in [0.3, 0.4) is 0 Å². The number of nitrogen functional groups attached to an aromatic ring is 1. The molecule has 0 saturated carbocycles. The quantitative estimate of drug-likeness (QED) is 0.644. The second kappa shape index (κ2) is 4.80. The number of hydrogen-bond acceptors (Lipinski definition) is 4. The van der Waals surface area contributed by atoms with Gasteiger partial charge in [-0.1, -0.05) is 17.7 Å². The molecular weight excluding hydrogens is 240 g/mol. The van der Waals surface area contributed by atoms with Crippen molar-refractivity contribution < 1.29 is 4.74 Å². The van der Waals surface area contributed by atoms with E-state index in [1.54, 1.807) is 24.3 Å². The predicted molar refractivity (Wildman–Crippen MR) is 64.6 cm³/mol. The highest BCUT2D eigenvalue weighted by Gasteiger charge is 2.03. The Bertz CT molecular complexity index is 559. The van der Waals surface area contributed by atoms with Crippen molar-refractivity contribution in [2.24, 2.45) is 5.73 Å². The van der Waals surface area contributed by atoms with E-state index in [0.717, 1.165) is 0 Å². The predicted octanol–water partition coefficient (Wildman–Crippen LogP) is 2.21. The summed E-state index contributed by atoms with van der Waals surface area (Å²) < 4.78 is 5.44. The summed E-state index contributed by atoms with van der Waals surface area (Å²) in [5.41, 5.74) is 5.69. The first-order valence-electron chi connectivity index (χ1n) is 4.75. The van der Waals surface area contributed by atoms with Crippen LogP contribution in [0, 0.1) is 5.41 Å². The fourth-order valence-electron chi connectivity index (χ4n) is 1.19. The molecule has 2 aromatic heterocycles. The Morgan fingerprint density at radius 2 is 2.18 bits per heavy atom. The molecule has 0 saturated heterocycles. The molecule has 0 aliphatic carbocycles. The number of amidine groups is 1. The molecule has 0 bridgehead atoms. The number of pyridine rings is 2. The van der Waals surface area contributed by atoms with Crippen LogP contribution in [-0.2, 0) is 0 Å². The zero-order valence-corrected chi connectivity index (χ0v) is 9.48. The second-order valence-corrected chi connectivity index (χ2v) is 3.65. The maximum absolute atomic E-state index is 7.27. The Morgan fingerprint density at radius 1 is 1.35 bits per heavy atom. The van der Waals surface area contributed by atoms with E-state index in [4.69, 9.17) is 27.5 Å². The molecule has 86 valence electrons. The Morgan fingerprint density at radius 3 is 2.88 bits per heavy atom. The van der Waals surface area contributed by atoms with Crippen molar-refractivity contribution in [2.45, 2.75) is 0 Å². The summed E-state index contributed by atoms with van der Waals surface area (Å²) in [7, 11) is 0. The van der Waals surface area contributed by atoms with Crippen LogP contribution < -0.4 is 10.5 Å². The molecule has 5 nitrogen and oxygen atoms in total. The van der Waals surface area contributed by atoms with Crippen molar-refractivity contribution in [3.8, 4) is 11.6 Å². The molecule has 0 spiro atoms. The Kier molecular flexibility index (Phi) is 3.20. The lowest BCUT2D eigenvalue weighted by Crippen LogP contribution is -2.13. The summed E-state index contributed by atoms with van der Waals surface area (Å²) in [6, 6.07) is 6.62. The molecular formula is C11H9ClN4O. The molecule has 0 radical (unpaired) electrons. The SMILES string of the molecule is N=C(N)c1cccc(Oc2cncc(Cl)c2)n1. The van der Waals surface area contributed by atoms with Crippen LogP contribution in [0.5, 0.6) is 11.6 Å². The lowest BCUT2D eigenvalue weighted by atomic mass is 10.3. The maximum Gasteiger partial charge on any atom is 0.219 e. The zero-order valence-electron chi connectivity index (χ0n) is 8.72. The van der Waals surface area contributed by atoms with E-state index in [0.29, 0.717) is 22.3 Å². The standard InChI is InChI=1S/C11H9ClN4O/c12-7-4-8(6-15-5-7)17-10-3-1-2-9(16-10)11(13)14/h1-6H,(H3,13,14). The number of ether oxygens (including phenoxy) is 1. The summed E-state index contributed by atoms with van der Waals surface area (Å²) in [6.07, 6.45) is 3.03. The maximum atomic E-state index is 7.27. The fraction of sp³-hybridized carbons (Fsp3) is 0. The molecule has 0 amide bonds. The van der Waals surface area contributed by atoms with E-state index in [1.807, 2.05) is 0 Å². The highest BCUT2D eigenvalue weighted by atomic mass is 35.5. The largest absolute Gasteiger partial charge is 0.437 e. The number of aromatic nitrogens is 2. The third-order valence-electron chi connectivity index (χ3n) is 1.90. The van der Waals surface area contributed by atoms with Crippen molar-refractivity contribution in [1.29, 1.82) is 5.41 Å². The molecule has 0 aliphatic rings. The molecule has 0 aliphatic heterocycles. The normalized spacial score (nSPS) is 9.94. The highest BCUT2D eigenvalue weighted by molar-refractivity contribution is 6.30. The monoisotopic (exact) mass is 248 g/mol. The van der Waals surface area contributed by atoms with Gasteiger partial charge in [-0.05, 0) is 6.07 Å². The number of hydrogen-bond donors (Lipinski definition) is 2. The number of halogens is 1. The van der Waals surface area contributed by atoms with Crippen LogP contribution in [0.25, 0.3) is 0 Å². The third-order valence-corrected chi connectivity index (χ3v) is 2.11. The van der Waals surface area contributed by atoms with Crippen LogP contribution in [0.15, 0.2) is 36.7 Å². The highest BCUT2D eigenvalue weighted by Crippen LogP contribution is 2.21. The lowest BCUT2D eigenvalue weighted by molar-refractivity contribution is 0.460. The van der Waals surface area contributed by atoms with Gasteiger partial charge < -0.3 is 10.5 Å². The first-order valence-corrected chi connectivity index (χ1v) is 5.13. The van der Waals surface area contributed by atoms with E-state index < -0.39 is 0 Å². The minimum Gasteiger partial charge on any atom is -0.437 e. The first kappa shape index (κ1) is 11.3. The van der Waals surface area contributed by atoms with Crippen LogP contribution in [0.1, 0.15) is 5.69 Å². The van der Waals surface area contributed by atoms with Crippen LogP contribution in [0.2, 0.25) is 5.02 Å². The second-order valence-electron chi connectivity index (χ2n) is 3.22. The van der Waals surface area contributed by atoms with Crippen molar-refractivity contribution >= 4 is 17.4 Å². The summed E-state index contributed by atoms with van der Waals surface area (Å²) in [5.74, 6) is 0.701. The number of nitrogens with zero attached hydrogens (tertiary/aromatic N) is 2. The summed E-state index contributed by atoms with van der Waals surface area (Å²) >= 11 is 5.78. The van der Waals surface area contributed by atoms with Gasteiger partial charge in [-0.2, -0.15) is 0 Å². The molecule has 17 heavy (non-hydrogen) atoms. The Hall–Kier alpha value is -2.14. The average molecular weight is 249 g/mol. The van der Waals surface area contributed by atoms with E-state index in [2.05, 4.69) is 9.97 Å². The van der Waals surface area contributed by atoms with Gasteiger partial charge >= 0.3 is 0 Å². The number of nitrogens with one attached hydrogen (secondary N) is 1. The van der Waals surface area contributed by atoms with E-state index >= 15 is 0 Å². The Balaban J connectivity index is 2.24. The molecule has 0 unspecified atom stereocenters. The van der Waals surface area contributed by atoms with E-state index in [1.165, 1.54) is 12.4 Å². The van der Waals surface area contributed by atoms with Gasteiger partial charge in [-0.3, -0.25) is 10.4 Å². The molecule has 2 heterocycles. The zero-order chi connectivity index (χ0) is 12.3. The summed E-state index contributed by atoms with van der Waals surface area (Å²) in [6.45, 7) is 0. The van der Waals surface area contributed by atoms with Gasteiger partial charge in [0.2, 0.25) is 5.88 Å². The fourth-order valence-corrected chi connectivity index (χ4v) is 1.35. The van der Waals surface area contributed by atoms with Gasteiger partial charge in [0.05, 0.1) is 11.2 Å². The summed E-state index contributed by atoms with van der Waals surface area (Å²) in [4.78, 5) is 7.94. The van der Waals surface area contributed by atoms with Gasteiger partial charge in [0.1, 0.15) is 17.3 Å². The molecule has 3 N–H and O–H groups in total. The third kappa shape index (κ3) is 2.92. The van der Waals surface area contributed by atoms with Gasteiger partial charge in [-0.15, -0.1) is 0 Å². The summed E-state index contributed by atoms with van der Waals surface area (Å²) in [5, 5.41) is 7.75. The molecule has 2 rings (SSSR count). The van der Waals surface area contributed by atoms with Crippen molar-refractivity contribution in [2.75, 3.05) is 0 Å². The molecule has 6 heteroatoms. The molecule has 2 aromatic rings. The van der Waals surface area contributed by atoms with Crippen molar-refractivity contribution in [1.82, 2.24) is 9.97 Å². The molecule has 0 aromatic carbocycles. The Labute approximate surface area is 103 Å². The van der Waals surface area contributed by atoms with Gasteiger partial charge in [0, 0.05) is 18.3 Å². The lowest BCUT2D eigenvalue weighted by Gasteiger charge is -2.05.